The predicted molar refractivity (Wildman–Crippen MR) is 52.9 cm³/mol. The van der Waals surface area contributed by atoms with Crippen LogP contribution < -0.4 is 5.73 Å². The summed E-state index contributed by atoms with van der Waals surface area (Å²) in [6, 6.07) is 4.69. The Balaban J connectivity index is 2.97. The Bertz CT molecular complexity index is 307. The molecule has 1 rings (SSSR count). The van der Waals surface area contributed by atoms with Crippen molar-refractivity contribution in [1.82, 2.24) is 0 Å². The number of hydrogen-bond donors (Lipinski definition) is 1. The molecule has 70 valence electrons. The van der Waals surface area contributed by atoms with Gasteiger partial charge in [-0.15, -0.1) is 6.58 Å². The lowest BCUT2D eigenvalue weighted by Gasteiger charge is -2.11. The van der Waals surface area contributed by atoms with Gasteiger partial charge in [-0.25, -0.2) is 4.39 Å². The third kappa shape index (κ3) is 2.39. The minimum absolute atomic E-state index is 0.236. The molecular formula is C11H14FN. The van der Waals surface area contributed by atoms with Crippen molar-refractivity contribution in [3.8, 4) is 0 Å². The van der Waals surface area contributed by atoms with Crippen LogP contribution in [0.5, 0.6) is 0 Å². The maximum atomic E-state index is 13.2. The second kappa shape index (κ2) is 4.19. The molecule has 0 heterocycles. The normalized spacial score (nSPS) is 12.5. The largest absolute Gasteiger partial charge is 0.324 e. The van der Waals surface area contributed by atoms with Crippen LogP contribution in [0.2, 0.25) is 0 Å². The summed E-state index contributed by atoms with van der Waals surface area (Å²) >= 11 is 0. The van der Waals surface area contributed by atoms with E-state index in [1.807, 2.05) is 6.92 Å². The Morgan fingerprint density at radius 1 is 1.62 bits per heavy atom. The summed E-state index contributed by atoms with van der Waals surface area (Å²) in [5, 5.41) is 0. The molecule has 2 N–H and O–H groups in total. The van der Waals surface area contributed by atoms with Gasteiger partial charge in [0.15, 0.2) is 0 Å². The molecule has 1 atom stereocenters. The number of nitrogens with two attached hydrogens (primary N) is 1. The van der Waals surface area contributed by atoms with Crippen molar-refractivity contribution in [3.63, 3.8) is 0 Å². The quantitative estimate of drug-likeness (QED) is 0.709. The summed E-state index contributed by atoms with van der Waals surface area (Å²) < 4.78 is 13.2. The van der Waals surface area contributed by atoms with Crippen LogP contribution in [0.1, 0.15) is 23.6 Å². The monoisotopic (exact) mass is 179 g/mol. The molecule has 0 aliphatic rings. The average Bonchev–Trinajstić information content (AvgIpc) is 2.09. The molecule has 0 aliphatic carbocycles. The minimum Gasteiger partial charge on any atom is -0.324 e. The van der Waals surface area contributed by atoms with E-state index in [0.717, 1.165) is 5.56 Å². The molecule has 0 amide bonds. The highest BCUT2D eigenvalue weighted by molar-refractivity contribution is 5.26. The van der Waals surface area contributed by atoms with Crippen LogP contribution in [-0.2, 0) is 0 Å². The van der Waals surface area contributed by atoms with Crippen LogP contribution in [0.25, 0.3) is 0 Å². The van der Waals surface area contributed by atoms with Gasteiger partial charge in [-0.05, 0) is 19.4 Å². The summed E-state index contributed by atoms with van der Waals surface area (Å²) in [4.78, 5) is 0. The number of halogens is 1. The second-order valence-electron chi connectivity index (χ2n) is 3.16. The first-order valence-corrected chi connectivity index (χ1v) is 4.27. The van der Waals surface area contributed by atoms with Gasteiger partial charge in [-0.3, -0.25) is 0 Å². The topological polar surface area (TPSA) is 26.0 Å². The van der Waals surface area contributed by atoms with Crippen molar-refractivity contribution < 1.29 is 4.39 Å². The van der Waals surface area contributed by atoms with Crippen LogP contribution in [0, 0.1) is 12.7 Å². The SMILES string of the molecule is C=CCC(N)c1cc(C)ccc1F. The molecule has 0 spiro atoms. The standard InChI is InChI=1S/C11H14FN/c1-3-4-11(13)9-7-8(2)5-6-10(9)12/h3,5-7,11H,1,4,13H2,2H3. The van der Waals surface area contributed by atoms with E-state index in [9.17, 15) is 4.39 Å². The van der Waals surface area contributed by atoms with E-state index in [4.69, 9.17) is 5.73 Å². The Kier molecular flexibility index (Phi) is 3.20. The third-order valence-electron chi connectivity index (χ3n) is 1.97. The van der Waals surface area contributed by atoms with Crippen LogP contribution in [0.3, 0.4) is 0 Å². The van der Waals surface area contributed by atoms with E-state index < -0.39 is 0 Å². The van der Waals surface area contributed by atoms with Gasteiger partial charge in [-0.1, -0.05) is 23.8 Å². The molecule has 1 unspecified atom stereocenters. The van der Waals surface area contributed by atoms with Crippen molar-refractivity contribution in [2.75, 3.05) is 0 Å². The van der Waals surface area contributed by atoms with Crippen molar-refractivity contribution in [3.05, 3.63) is 47.8 Å². The van der Waals surface area contributed by atoms with Crippen LogP contribution in [0.4, 0.5) is 4.39 Å². The Labute approximate surface area is 78.1 Å². The summed E-state index contributed by atoms with van der Waals surface area (Å²) in [6.07, 6.45) is 2.30. The van der Waals surface area contributed by atoms with E-state index in [1.54, 1.807) is 18.2 Å². The Hall–Kier alpha value is -1.15. The van der Waals surface area contributed by atoms with Gasteiger partial charge < -0.3 is 5.73 Å². The van der Waals surface area contributed by atoms with Gasteiger partial charge in [0.25, 0.3) is 0 Å². The van der Waals surface area contributed by atoms with Crippen LogP contribution in [-0.4, -0.2) is 0 Å². The van der Waals surface area contributed by atoms with Crippen molar-refractivity contribution in [2.45, 2.75) is 19.4 Å². The zero-order chi connectivity index (χ0) is 9.84. The highest BCUT2D eigenvalue weighted by atomic mass is 19.1. The minimum atomic E-state index is -0.280. The summed E-state index contributed by atoms with van der Waals surface area (Å²) in [5.41, 5.74) is 7.36. The van der Waals surface area contributed by atoms with Crippen molar-refractivity contribution in [2.24, 2.45) is 5.73 Å². The van der Waals surface area contributed by atoms with Crippen molar-refractivity contribution >= 4 is 0 Å². The first-order valence-electron chi connectivity index (χ1n) is 4.27. The smallest absolute Gasteiger partial charge is 0.128 e. The first-order chi connectivity index (χ1) is 6.15. The number of benzene rings is 1. The summed E-state index contributed by atoms with van der Waals surface area (Å²) in [7, 11) is 0. The van der Waals surface area contributed by atoms with Gasteiger partial charge >= 0.3 is 0 Å². The molecule has 0 aromatic heterocycles. The first kappa shape index (κ1) is 9.93. The molecule has 0 aliphatic heterocycles. The molecule has 1 nitrogen and oxygen atoms in total. The molecule has 0 radical (unpaired) electrons. The van der Waals surface area contributed by atoms with Gasteiger partial charge in [0.1, 0.15) is 5.82 Å². The van der Waals surface area contributed by atoms with E-state index >= 15 is 0 Å². The number of rotatable bonds is 3. The lowest BCUT2D eigenvalue weighted by molar-refractivity contribution is 0.583. The summed E-state index contributed by atoms with van der Waals surface area (Å²) in [5.74, 6) is -0.236. The fourth-order valence-corrected chi connectivity index (χ4v) is 1.25. The zero-order valence-electron chi connectivity index (χ0n) is 7.76. The Morgan fingerprint density at radius 3 is 2.92 bits per heavy atom. The molecule has 2 heteroatoms. The molecule has 0 fully saturated rings. The lowest BCUT2D eigenvalue weighted by atomic mass is 10.0. The van der Waals surface area contributed by atoms with E-state index in [-0.39, 0.29) is 11.9 Å². The van der Waals surface area contributed by atoms with E-state index in [1.165, 1.54) is 6.07 Å². The average molecular weight is 179 g/mol. The number of aryl methyl sites for hydroxylation is 1. The van der Waals surface area contributed by atoms with Crippen molar-refractivity contribution in [1.29, 1.82) is 0 Å². The highest BCUT2D eigenvalue weighted by Gasteiger charge is 2.09. The second-order valence-corrected chi connectivity index (χ2v) is 3.16. The zero-order valence-corrected chi connectivity index (χ0v) is 7.76. The van der Waals surface area contributed by atoms with Gasteiger partial charge in [0.2, 0.25) is 0 Å². The predicted octanol–water partition coefficient (Wildman–Crippen LogP) is 2.71. The molecule has 13 heavy (non-hydrogen) atoms. The maximum Gasteiger partial charge on any atom is 0.128 e. The fraction of sp³-hybridized carbons (Fsp3) is 0.273. The van der Waals surface area contributed by atoms with E-state index in [0.29, 0.717) is 12.0 Å². The lowest BCUT2D eigenvalue weighted by Crippen LogP contribution is -2.11. The van der Waals surface area contributed by atoms with Crippen LogP contribution >= 0.6 is 0 Å². The third-order valence-corrected chi connectivity index (χ3v) is 1.97. The molecule has 1 aromatic carbocycles. The number of hydrogen-bond acceptors (Lipinski definition) is 1. The summed E-state index contributed by atoms with van der Waals surface area (Å²) in [6.45, 7) is 5.50. The van der Waals surface area contributed by atoms with Gasteiger partial charge in [0, 0.05) is 11.6 Å². The van der Waals surface area contributed by atoms with E-state index in [2.05, 4.69) is 6.58 Å². The molecule has 0 saturated heterocycles. The maximum absolute atomic E-state index is 13.2. The van der Waals surface area contributed by atoms with Gasteiger partial charge in [-0.2, -0.15) is 0 Å². The fourth-order valence-electron chi connectivity index (χ4n) is 1.25. The molecule has 1 aromatic rings. The molecule has 0 bridgehead atoms. The molecule has 0 saturated carbocycles. The van der Waals surface area contributed by atoms with Gasteiger partial charge in [0.05, 0.1) is 0 Å². The molecular weight excluding hydrogens is 165 g/mol. The Morgan fingerprint density at radius 2 is 2.31 bits per heavy atom. The highest BCUT2D eigenvalue weighted by Crippen LogP contribution is 2.19. The van der Waals surface area contributed by atoms with Crippen LogP contribution in [0.15, 0.2) is 30.9 Å².